The molecule has 0 atom stereocenters. The van der Waals surface area contributed by atoms with Crippen molar-refractivity contribution >= 4 is 32.9 Å². The summed E-state index contributed by atoms with van der Waals surface area (Å²) in [5.41, 5.74) is -3.97. The molecule has 0 aliphatic carbocycles. The Morgan fingerprint density at radius 3 is 2.26 bits per heavy atom. The molecule has 0 fully saturated rings. The highest BCUT2D eigenvalue weighted by Crippen LogP contribution is 2.35. The van der Waals surface area contributed by atoms with Gasteiger partial charge in [0.25, 0.3) is 0 Å². The molecule has 3 rings (SSSR count). The summed E-state index contributed by atoms with van der Waals surface area (Å²) < 4.78 is 64.2. The van der Waals surface area contributed by atoms with Gasteiger partial charge >= 0.3 is 15.5 Å². The van der Waals surface area contributed by atoms with Crippen molar-refractivity contribution in [3.63, 3.8) is 0 Å². The van der Waals surface area contributed by atoms with Gasteiger partial charge in [0.1, 0.15) is 11.5 Å². The number of nitrogens with one attached hydrogen (secondary N) is 1. The van der Waals surface area contributed by atoms with Gasteiger partial charge in [0.05, 0.1) is 11.4 Å². The number of aromatic nitrogens is 2. The van der Waals surface area contributed by atoms with Crippen molar-refractivity contribution in [3.05, 3.63) is 60.4 Å². The fourth-order valence-corrected chi connectivity index (χ4v) is 3.71. The van der Waals surface area contributed by atoms with Gasteiger partial charge in [-0.15, -0.1) is 10.2 Å². The van der Waals surface area contributed by atoms with E-state index in [4.69, 9.17) is 0 Å². The fourth-order valence-electron chi connectivity index (χ4n) is 3.15. The van der Waals surface area contributed by atoms with Crippen molar-refractivity contribution in [1.82, 2.24) is 9.97 Å². The zero-order valence-corrected chi connectivity index (χ0v) is 19.5. The Balaban J connectivity index is 2.03. The maximum absolute atomic E-state index is 13.0. The minimum atomic E-state index is -5.66. The van der Waals surface area contributed by atoms with E-state index in [1.54, 1.807) is 23.8 Å². The molecule has 2 aromatic carbocycles. The third-order valence-corrected chi connectivity index (χ3v) is 5.91. The second kappa shape index (κ2) is 10.2. The van der Waals surface area contributed by atoms with E-state index in [2.05, 4.69) is 20.2 Å². The fraction of sp³-hybridized carbons (Fsp3) is 0.273. The molecule has 1 N–H and O–H groups in total. The Hall–Kier alpha value is -3.54. The maximum atomic E-state index is 13.0. The zero-order valence-electron chi connectivity index (χ0n) is 18.7. The number of sulfonamides is 1. The second-order valence-electron chi connectivity index (χ2n) is 7.15. The first-order valence-electron chi connectivity index (χ1n) is 10.3. The van der Waals surface area contributed by atoms with Crippen LogP contribution in [-0.4, -0.2) is 37.0 Å². The number of benzene rings is 2. The average Bonchev–Trinajstić information content (AvgIpc) is 2.78. The molecule has 0 saturated carbocycles. The summed E-state index contributed by atoms with van der Waals surface area (Å²) in [5, 5.41) is 8.03. The van der Waals surface area contributed by atoms with E-state index in [9.17, 15) is 21.6 Å². The summed E-state index contributed by atoms with van der Waals surface area (Å²) in [6.07, 6.45) is 0. The van der Waals surface area contributed by atoms with Crippen LogP contribution in [0, 0.1) is 6.92 Å². The van der Waals surface area contributed by atoms with Crippen LogP contribution in [0.4, 0.5) is 36.1 Å². The van der Waals surface area contributed by atoms with Gasteiger partial charge in [-0.3, -0.25) is 4.72 Å². The summed E-state index contributed by atoms with van der Waals surface area (Å²) in [4.78, 5) is 10.4. The molecule has 3 aromatic rings. The first kappa shape index (κ1) is 25.1. The number of halogens is 3. The number of alkyl halides is 3. The molecule has 1 aromatic heterocycles. The van der Waals surface area contributed by atoms with Gasteiger partial charge in [0.15, 0.2) is 5.82 Å². The molecule has 1 heterocycles. The van der Waals surface area contributed by atoms with Crippen LogP contribution in [0.15, 0.2) is 64.8 Å². The van der Waals surface area contributed by atoms with E-state index < -0.39 is 15.5 Å². The average molecular weight is 493 g/mol. The summed E-state index contributed by atoms with van der Waals surface area (Å²) in [7, 11) is -5.66. The van der Waals surface area contributed by atoms with Crippen LogP contribution in [-0.2, 0) is 10.0 Å². The molecular weight excluding hydrogens is 469 g/mol. The van der Waals surface area contributed by atoms with Gasteiger partial charge in [-0.05, 0) is 39.0 Å². The lowest BCUT2D eigenvalue weighted by Crippen LogP contribution is -2.30. The van der Waals surface area contributed by atoms with Gasteiger partial charge in [0, 0.05) is 30.4 Å². The third-order valence-electron chi connectivity index (χ3n) is 4.81. The highest BCUT2D eigenvalue weighted by Gasteiger charge is 2.46. The smallest absolute Gasteiger partial charge is 0.372 e. The molecular formula is C22H23F3N6O2S. The van der Waals surface area contributed by atoms with Gasteiger partial charge < -0.3 is 4.90 Å². The monoisotopic (exact) mass is 492 g/mol. The topological polar surface area (TPSA) is 99.9 Å². The number of azo groups is 1. The van der Waals surface area contributed by atoms with Gasteiger partial charge in [-0.1, -0.05) is 30.3 Å². The number of aryl methyl sites for hydroxylation is 1. The summed E-state index contributed by atoms with van der Waals surface area (Å²) in [6, 6.07) is 15.2. The molecule has 12 heteroatoms. The van der Waals surface area contributed by atoms with E-state index in [0.29, 0.717) is 30.3 Å². The molecule has 0 bridgehead atoms. The predicted molar refractivity (Wildman–Crippen MR) is 125 cm³/mol. The van der Waals surface area contributed by atoms with Crippen LogP contribution in [0.2, 0.25) is 0 Å². The van der Waals surface area contributed by atoms with Crippen LogP contribution in [0.25, 0.3) is 11.3 Å². The molecule has 180 valence electrons. The molecule has 0 aliphatic heterocycles. The first-order chi connectivity index (χ1) is 16.0. The molecule has 34 heavy (non-hydrogen) atoms. The van der Waals surface area contributed by atoms with Crippen molar-refractivity contribution in [1.29, 1.82) is 0 Å². The van der Waals surface area contributed by atoms with Crippen LogP contribution in [0.1, 0.15) is 19.7 Å². The lowest BCUT2D eigenvalue weighted by Gasteiger charge is -2.22. The number of hydrogen-bond acceptors (Lipinski definition) is 7. The lowest BCUT2D eigenvalue weighted by molar-refractivity contribution is -0.0429. The van der Waals surface area contributed by atoms with E-state index >= 15 is 0 Å². The Morgan fingerprint density at radius 1 is 0.971 bits per heavy atom. The molecule has 8 nitrogen and oxygen atoms in total. The minimum absolute atomic E-state index is 0.0961. The lowest BCUT2D eigenvalue weighted by atomic mass is 10.1. The van der Waals surface area contributed by atoms with Crippen molar-refractivity contribution < 1.29 is 21.6 Å². The molecule has 0 unspecified atom stereocenters. The van der Waals surface area contributed by atoms with Crippen LogP contribution < -0.4 is 9.62 Å². The first-order valence-corrected chi connectivity index (χ1v) is 11.8. The van der Waals surface area contributed by atoms with Gasteiger partial charge in [0.2, 0.25) is 0 Å². The van der Waals surface area contributed by atoms with Crippen LogP contribution in [0.3, 0.4) is 0 Å². The van der Waals surface area contributed by atoms with Crippen LogP contribution in [0.5, 0.6) is 0 Å². The molecule has 0 spiro atoms. The highest BCUT2D eigenvalue weighted by molar-refractivity contribution is 7.93. The molecule has 0 radical (unpaired) electrons. The van der Waals surface area contributed by atoms with E-state index in [-0.39, 0.29) is 17.2 Å². The normalized spacial score (nSPS) is 12.2. The Bertz CT molecular complexity index is 1280. The third kappa shape index (κ3) is 5.87. The molecule has 0 saturated heterocycles. The van der Waals surface area contributed by atoms with Gasteiger partial charge in [-0.25, -0.2) is 9.97 Å². The minimum Gasteiger partial charge on any atom is -0.372 e. The molecule has 0 aliphatic rings. The predicted octanol–water partition coefficient (Wildman–Crippen LogP) is 5.98. The number of nitrogens with zero attached hydrogens (tertiary/aromatic N) is 5. The van der Waals surface area contributed by atoms with E-state index in [1.807, 2.05) is 49.1 Å². The molecule has 0 amide bonds. The van der Waals surface area contributed by atoms with Gasteiger partial charge in [-0.2, -0.15) is 21.6 Å². The van der Waals surface area contributed by atoms with E-state index in [1.165, 1.54) is 12.1 Å². The number of anilines is 2. The highest BCUT2D eigenvalue weighted by atomic mass is 32.2. The van der Waals surface area contributed by atoms with Crippen molar-refractivity contribution in [2.75, 3.05) is 22.7 Å². The Kier molecular flexibility index (Phi) is 7.50. The zero-order chi connectivity index (χ0) is 24.9. The summed E-state index contributed by atoms with van der Waals surface area (Å²) >= 11 is 0. The second-order valence-corrected chi connectivity index (χ2v) is 8.82. The van der Waals surface area contributed by atoms with Crippen molar-refractivity contribution in [2.45, 2.75) is 26.3 Å². The largest absolute Gasteiger partial charge is 0.516 e. The Labute approximate surface area is 195 Å². The van der Waals surface area contributed by atoms with Crippen molar-refractivity contribution in [2.24, 2.45) is 10.2 Å². The standard InChI is InChI=1S/C22H23F3N6O2S/c1-4-31(5-2)17-11-12-18(20(13-17)30-34(32,33)22(23,24)25)28-29-21-14-19(26-15(3)27-21)16-9-7-6-8-10-16/h6-14,30H,4-5H2,1-3H3. The summed E-state index contributed by atoms with van der Waals surface area (Å²) in [5.74, 6) is 0.592. The number of hydrogen-bond donors (Lipinski definition) is 1. The van der Waals surface area contributed by atoms with Crippen LogP contribution >= 0.6 is 0 Å². The quantitative estimate of drug-likeness (QED) is 0.390. The Morgan fingerprint density at radius 2 is 1.65 bits per heavy atom. The van der Waals surface area contributed by atoms with Crippen molar-refractivity contribution in [3.8, 4) is 11.3 Å². The maximum Gasteiger partial charge on any atom is 0.516 e. The summed E-state index contributed by atoms with van der Waals surface area (Å²) in [6.45, 7) is 6.57. The SMILES string of the molecule is CCN(CC)c1ccc(N=Nc2cc(-c3ccccc3)nc(C)n2)c(NS(=O)(=O)C(F)(F)F)c1. The van der Waals surface area contributed by atoms with E-state index in [0.717, 1.165) is 5.56 Å². The number of rotatable bonds is 8.